The molecule has 1 atom stereocenters. The first-order valence-corrected chi connectivity index (χ1v) is 5.58. The van der Waals surface area contributed by atoms with E-state index in [0.29, 0.717) is 25.4 Å². The van der Waals surface area contributed by atoms with Gasteiger partial charge < -0.3 is 10.6 Å². The second-order valence-electron chi connectivity index (χ2n) is 4.40. The second kappa shape index (κ2) is 4.61. The van der Waals surface area contributed by atoms with Crippen molar-refractivity contribution < 1.29 is 4.79 Å². The van der Waals surface area contributed by atoms with E-state index in [9.17, 15) is 4.79 Å². The van der Waals surface area contributed by atoms with Crippen LogP contribution >= 0.6 is 0 Å². The molecule has 2 N–H and O–H groups in total. The van der Waals surface area contributed by atoms with Crippen molar-refractivity contribution in [1.82, 2.24) is 9.88 Å². The van der Waals surface area contributed by atoms with Gasteiger partial charge in [0.25, 0.3) is 0 Å². The maximum absolute atomic E-state index is 11.7. The average Bonchev–Trinajstić information content (AvgIpc) is 2.60. The number of nitrogens with zero attached hydrogens (tertiary/aromatic N) is 2. The Balaban J connectivity index is 2.03. The molecule has 0 aromatic carbocycles. The summed E-state index contributed by atoms with van der Waals surface area (Å²) in [6.45, 7) is 3.99. The smallest absolute Gasteiger partial charge is 0.223 e. The molecule has 0 bridgehead atoms. The summed E-state index contributed by atoms with van der Waals surface area (Å²) in [5.41, 5.74) is 7.70. The molecule has 16 heavy (non-hydrogen) atoms. The highest BCUT2D eigenvalue weighted by atomic mass is 16.2. The number of aryl methyl sites for hydroxylation is 1. The van der Waals surface area contributed by atoms with Gasteiger partial charge in [-0.05, 0) is 37.1 Å². The van der Waals surface area contributed by atoms with Crippen LogP contribution in [0.15, 0.2) is 18.3 Å². The lowest BCUT2D eigenvalue weighted by atomic mass is 10.1. The number of carbonyl (C=O) groups excluding carboxylic acids is 1. The molecule has 1 aliphatic heterocycles. The van der Waals surface area contributed by atoms with E-state index in [0.717, 1.165) is 12.2 Å². The zero-order valence-corrected chi connectivity index (χ0v) is 9.52. The standard InChI is InChI=1S/C12H17N3O/c1-9-2-3-14-11(4-9)8-15-7-10(6-13)5-12(15)16/h2-4,10H,5-8,13H2,1H3. The van der Waals surface area contributed by atoms with Crippen molar-refractivity contribution >= 4 is 5.91 Å². The largest absolute Gasteiger partial charge is 0.336 e. The van der Waals surface area contributed by atoms with Crippen LogP contribution in [-0.4, -0.2) is 28.9 Å². The highest BCUT2D eigenvalue weighted by Gasteiger charge is 2.28. The van der Waals surface area contributed by atoms with E-state index >= 15 is 0 Å². The van der Waals surface area contributed by atoms with Gasteiger partial charge in [0.15, 0.2) is 0 Å². The molecule has 1 aromatic rings. The zero-order chi connectivity index (χ0) is 11.5. The van der Waals surface area contributed by atoms with Crippen molar-refractivity contribution in [3.63, 3.8) is 0 Å². The van der Waals surface area contributed by atoms with E-state index < -0.39 is 0 Å². The Labute approximate surface area is 95.5 Å². The summed E-state index contributed by atoms with van der Waals surface area (Å²) < 4.78 is 0. The minimum absolute atomic E-state index is 0.193. The van der Waals surface area contributed by atoms with E-state index in [4.69, 9.17) is 5.73 Å². The summed E-state index contributed by atoms with van der Waals surface area (Å²) in [6.07, 6.45) is 2.37. The molecule has 1 aliphatic rings. The summed E-state index contributed by atoms with van der Waals surface area (Å²) >= 11 is 0. The van der Waals surface area contributed by atoms with Crippen LogP contribution in [0.25, 0.3) is 0 Å². The number of likely N-dealkylation sites (tertiary alicyclic amines) is 1. The second-order valence-corrected chi connectivity index (χ2v) is 4.40. The molecule has 1 amide bonds. The van der Waals surface area contributed by atoms with Gasteiger partial charge in [0.05, 0.1) is 12.2 Å². The van der Waals surface area contributed by atoms with Crippen LogP contribution in [0.3, 0.4) is 0 Å². The highest BCUT2D eigenvalue weighted by Crippen LogP contribution is 2.18. The third-order valence-electron chi connectivity index (χ3n) is 2.95. The number of aromatic nitrogens is 1. The maximum atomic E-state index is 11.7. The van der Waals surface area contributed by atoms with Crippen molar-refractivity contribution in [2.75, 3.05) is 13.1 Å². The van der Waals surface area contributed by atoms with Gasteiger partial charge in [-0.15, -0.1) is 0 Å². The highest BCUT2D eigenvalue weighted by molar-refractivity contribution is 5.78. The Morgan fingerprint density at radius 3 is 3.06 bits per heavy atom. The number of carbonyl (C=O) groups is 1. The molecule has 0 saturated carbocycles. The molecule has 1 saturated heterocycles. The number of pyridine rings is 1. The zero-order valence-electron chi connectivity index (χ0n) is 9.52. The van der Waals surface area contributed by atoms with Crippen LogP contribution in [0, 0.1) is 12.8 Å². The van der Waals surface area contributed by atoms with E-state index in [1.807, 2.05) is 24.0 Å². The Bertz CT molecular complexity index is 392. The van der Waals surface area contributed by atoms with Gasteiger partial charge in [-0.2, -0.15) is 0 Å². The molecule has 0 radical (unpaired) electrons. The van der Waals surface area contributed by atoms with E-state index in [2.05, 4.69) is 4.98 Å². The van der Waals surface area contributed by atoms with Gasteiger partial charge in [-0.1, -0.05) is 0 Å². The Kier molecular flexibility index (Phi) is 3.19. The predicted octanol–water partition coefficient (Wildman–Crippen LogP) is 0.697. The fraction of sp³-hybridized carbons (Fsp3) is 0.500. The molecular formula is C12H17N3O. The SMILES string of the molecule is Cc1ccnc(CN2CC(CN)CC2=O)c1. The third-order valence-corrected chi connectivity index (χ3v) is 2.95. The molecule has 4 nitrogen and oxygen atoms in total. The lowest BCUT2D eigenvalue weighted by Gasteiger charge is -2.15. The quantitative estimate of drug-likeness (QED) is 0.814. The summed E-state index contributed by atoms with van der Waals surface area (Å²) in [6, 6.07) is 3.97. The van der Waals surface area contributed by atoms with Crippen LogP contribution in [-0.2, 0) is 11.3 Å². The van der Waals surface area contributed by atoms with Crippen LogP contribution in [0.2, 0.25) is 0 Å². The molecule has 1 unspecified atom stereocenters. The van der Waals surface area contributed by atoms with Crippen molar-refractivity contribution in [1.29, 1.82) is 0 Å². The lowest BCUT2D eigenvalue weighted by molar-refractivity contribution is -0.128. The number of rotatable bonds is 3. The van der Waals surface area contributed by atoms with Gasteiger partial charge in [0.2, 0.25) is 5.91 Å². The van der Waals surface area contributed by atoms with Gasteiger partial charge in [0.1, 0.15) is 0 Å². The molecule has 1 fully saturated rings. The van der Waals surface area contributed by atoms with Crippen molar-refractivity contribution in [3.8, 4) is 0 Å². The third kappa shape index (κ3) is 2.39. The first-order valence-electron chi connectivity index (χ1n) is 5.58. The Hall–Kier alpha value is -1.42. The first kappa shape index (κ1) is 11.1. The van der Waals surface area contributed by atoms with E-state index in [1.165, 1.54) is 5.56 Å². The fourth-order valence-corrected chi connectivity index (χ4v) is 2.05. The maximum Gasteiger partial charge on any atom is 0.223 e. The van der Waals surface area contributed by atoms with Crippen LogP contribution in [0.1, 0.15) is 17.7 Å². The average molecular weight is 219 g/mol. The molecule has 4 heteroatoms. The van der Waals surface area contributed by atoms with E-state index in [-0.39, 0.29) is 5.91 Å². The number of amides is 1. The summed E-state index contributed by atoms with van der Waals surface area (Å²) in [5.74, 6) is 0.510. The summed E-state index contributed by atoms with van der Waals surface area (Å²) in [5, 5.41) is 0. The van der Waals surface area contributed by atoms with E-state index in [1.54, 1.807) is 6.20 Å². The normalized spacial score (nSPS) is 20.5. The monoisotopic (exact) mass is 219 g/mol. The Morgan fingerprint density at radius 1 is 1.62 bits per heavy atom. The van der Waals surface area contributed by atoms with Gasteiger partial charge in [-0.3, -0.25) is 9.78 Å². The van der Waals surface area contributed by atoms with Gasteiger partial charge in [0, 0.05) is 19.2 Å². The fourth-order valence-electron chi connectivity index (χ4n) is 2.05. The summed E-state index contributed by atoms with van der Waals surface area (Å²) in [4.78, 5) is 17.8. The molecule has 2 heterocycles. The number of hydrogen-bond donors (Lipinski definition) is 1. The molecule has 0 spiro atoms. The topological polar surface area (TPSA) is 59.2 Å². The molecule has 86 valence electrons. The Morgan fingerprint density at radius 2 is 2.44 bits per heavy atom. The summed E-state index contributed by atoms with van der Waals surface area (Å²) in [7, 11) is 0. The molecule has 0 aliphatic carbocycles. The van der Waals surface area contributed by atoms with Crippen LogP contribution < -0.4 is 5.73 Å². The van der Waals surface area contributed by atoms with Crippen molar-refractivity contribution in [2.24, 2.45) is 11.7 Å². The predicted molar refractivity (Wildman–Crippen MR) is 61.6 cm³/mol. The van der Waals surface area contributed by atoms with Crippen molar-refractivity contribution in [2.45, 2.75) is 19.9 Å². The van der Waals surface area contributed by atoms with Crippen LogP contribution in [0.5, 0.6) is 0 Å². The minimum Gasteiger partial charge on any atom is -0.336 e. The van der Waals surface area contributed by atoms with Crippen molar-refractivity contribution in [3.05, 3.63) is 29.6 Å². The lowest BCUT2D eigenvalue weighted by Crippen LogP contribution is -2.26. The number of hydrogen-bond acceptors (Lipinski definition) is 3. The molecular weight excluding hydrogens is 202 g/mol. The minimum atomic E-state index is 0.193. The van der Waals surface area contributed by atoms with Crippen LogP contribution in [0.4, 0.5) is 0 Å². The molecule has 1 aromatic heterocycles. The van der Waals surface area contributed by atoms with Gasteiger partial charge >= 0.3 is 0 Å². The first-order chi connectivity index (χ1) is 7.69. The van der Waals surface area contributed by atoms with Gasteiger partial charge in [-0.25, -0.2) is 0 Å². The number of nitrogens with two attached hydrogens (primary N) is 1. The molecule has 2 rings (SSSR count).